The minimum absolute atomic E-state index is 0.413. The fourth-order valence-electron chi connectivity index (χ4n) is 2.11. The SMILES string of the molecule is COc1cccc(C(Nc2ccccc2)C(=O)O)c1OC. The number of rotatable bonds is 6. The molecule has 0 amide bonds. The molecule has 2 N–H and O–H groups in total. The first-order valence-corrected chi connectivity index (χ1v) is 6.42. The number of carboxylic acids is 1. The van der Waals surface area contributed by atoms with Gasteiger partial charge in [0.25, 0.3) is 0 Å². The van der Waals surface area contributed by atoms with Crippen LogP contribution in [0.2, 0.25) is 0 Å². The lowest BCUT2D eigenvalue weighted by Crippen LogP contribution is -2.21. The van der Waals surface area contributed by atoms with E-state index in [-0.39, 0.29) is 0 Å². The predicted octanol–water partition coefficient (Wildman–Crippen LogP) is 2.94. The molecule has 0 bridgehead atoms. The second-order valence-electron chi connectivity index (χ2n) is 4.36. The fraction of sp³-hybridized carbons (Fsp3) is 0.188. The lowest BCUT2D eigenvalue weighted by molar-refractivity contribution is -0.138. The molecule has 5 heteroatoms. The topological polar surface area (TPSA) is 67.8 Å². The highest BCUT2D eigenvalue weighted by Crippen LogP contribution is 2.36. The lowest BCUT2D eigenvalue weighted by atomic mass is 10.0. The van der Waals surface area contributed by atoms with Gasteiger partial charge in [0.15, 0.2) is 17.5 Å². The number of aliphatic carboxylic acids is 1. The molecular formula is C16H17NO4. The summed E-state index contributed by atoms with van der Waals surface area (Å²) in [6.45, 7) is 0. The van der Waals surface area contributed by atoms with Gasteiger partial charge in [-0.15, -0.1) is 0 Å². The van der Waals surface area contributed by atoms with Gasteiger partial charge in [0.2, 0.25) is 0 Å². The van der Waals surface area contributed by atoms with Crippen LogP contribution < -0.4 is 14.8 Å². The van der Waals surface area contributed by atoms with Crippen molar-refractivity contribution in [1.29, 1.82) is 0 Å². The molecule has 0 spiro atoms. The summed E-state index contributed by atoms with van der Waals surface area (Å²) in [5, 5.41) is 12.5. The maximum absolute atomic E-state index is 11.6. The van der Waals surface area contributed by atoms with E-state index in [1.165, 1.54) is 14.2 Å². The molecule has 0 aliphatic heterocycles. The molecule has 0 fully saturated rings. The van der Waals surface area contributed by atoms with Crippen molar-refractivity contribution in [1.82, 2.24) is 0 Å². The van der Waals surface area contributed by atoms with Crippen molar-refractivity contribution in [2.24, 2.45) is 0 Å². The average Bonchev–Trinajstić information content (AvgIpc) is 2.52. The van der Waals surface area contributed by atoms with Gasteiger partial charge in [0.05, 0.1) is 14.2 Å². The molecule has 2 rings (SSSR count). The molecule has 0 radical (unpaired) electrons. The summed E-state index contributed by atoms with van der Waals surface area (Å²) >= 11 is 0. The van der Waals surface area contributed by atoms with Gasteiger partial charge in [0.1, 0.15) is 0 Å². The number of methoxy groups -OCH3 is 2. The first kappa shape index (κ1) is 14.7. The van der Waals surface area contributed by atoms with Gasteiger partial charge < -0.3 is 19.9 Å². The number of carbonyl (C=O) groups is 1. The molecule has 0 saturated heterocycles. The highest BCUT2D eigenvalue weighted by Gasteiger charge is 2.25. The molecule has 1 atom stereocenters. The quantitative estimate of drug-likeness (QED) is 0.855. The standard InChI is InChI=1S/C16H17NO4/c1-20-13-10-6-9-12(15(13)21-2)14(16(18)19)17-11-7-4-3-5-8-11/h3-10,14,17H,1-2H3,(H,18,19). The van der Waals surface area contributed by atoms with E-state index in [2.05, 4.69) is 5.32 Å². The summed E-state index contributed by atoms with van der Waals surface area (Å²) in [4.78, 5) is 11.6. The smallest absolute Gasteiger partial charge is 0.330 e. The van der Waals surface area contributed by atoms with Gasteiger partial charge >= 0.3 is 5.97 Å². The van der Waals surface area contributed by atoms with E-state index in [4.69, 9.17) is 9.47 Å². The Labute approximate surface area is 123 Å². The molecule has 2 aromatic rings. The van der Waals surface area contributed by atoms with Crippen LogP contribution in [0.4, 0.5) is 5.69 Å². The predicted molar refractivity (Wildman–Crippen MR) is 80.0 cm³/mol. The van der Waals surface area contributed by atoms with Crippen LogP contribution in [-0.4, -0.2) is 25.3 Å². The molecule has 110 valence electrons. The van der Waals surface area contributed by atoms with Crippen LogP contribution in [0.25, 0.3) is 0 Å². The first-order chi connectivity index (χ1) is 10.2. The van der Waals surface area contributed by atoms with E-state index in [0.717, 1.165) is 5.69 Å². The molecule has 0 saturated carbocycles. The summed E-state index contributed by atoms with van der Waals surface area (Å²) in [5.74, 6) is -0.0858. The van der Waals surface area contributed by atoms with Crippen molar-refractivity contribution >= 4 is 11.7 Å². The highest BCUT2D eigenvalue weighted by molar-refractivity contribution is 5.81. The molecular weight excluding hydrogens is 270 g/mol. The van der Waals surface area contributed by atoms with Crippen molar-refractivity contribution in [3.8, 4) is 11.5 Å². The second kappa shape index (κ2) is 6.65. The lowest BCUT2D eigenvalue weighted by Gasteiger charge is -2.20. The molecule has 5 nitrogen and oxygen atoms in total. The number of hydrogen-bond donors (Lipinski definition) is 2. The van der Waals surface area contributed by atoms with E-state index in [9.17, 15) is 9.90 Å². The van der Waals surface area contributed by atoms with Gasteiger partial charge in [-0.05, 0) is 18.2 Å². The van der Waals surface area contributed by atoms with E-state index in [0.29, 0.717) is 17.1 Å². The third-order valence-corrected chi connectivity index (χ3v) is 3.08. The minimum Gasteiger partial charge on any atom is -0.493 e. The Balaban J connectivity index is 2.41. The molecule has 2 aromatic carbocycles. The zero-order valence-corrected chi connectivity index (χ0v) is 11.9. The maximum atomic E-state index is 11.6. The Bertz CT molecular complexity index is 613. The average molecular weight is 287 g/mol. The fourth-order valence-corrected chi connectivity index (χ4v) is 2.11. The highest BCUT2D eigenvalue weighted by atomic mass is 16.5. The van der Waals surface area contributed by atoms with Crippen molar-refractivity contribution in [2.75, 3.05) is 19.5 Å². The summed E-state index contributed by atoms with van der Waals surface area (Å²) in [6.07, 6.45) is 0. The van der Waals surface area contributed by atoms with Crippen LogP contribution in [0.3, 0.4) is 0 Å². The number of hydrogen-bond acceptors (Lipinski definition) is 4. The molecule has 0 aromatic heterocycles. The van der Waals surface area contributed by atoms with Crippen molar-refractivity contribution in [3.05, 3.63) is 54.1 Å². The number of nitrogens with one attached hydrogen (secondary N) is 1. The van der Waals surface area contributed by atoms with E-state index in [1.54, 1.807) is 18.2 Å². The third-order valence-electron chi connectivity index (χ3n) is 3.08. The summed E-state index contributed by atoms with van der Waals surface area (Å²) in [6, 6.07) is 13.4. The Morgan fingerprint density at radius 1 is 1.05 bits per heavy atom. The summed E-state index contributed by atoms with van der Waals surface area (Å²) < 4.78 is 10.5. The van der Waals surface area contributed by atoms with Crippen molar-refractivity contribution in [3.63, 3.8) is 0 Å². The minimum atomic E-state index is -0.995. The van der Waals surface area contributed by atoms with Crippen LogP contribution in [0, 0.1) is 0 Å². The number of ether oxygens (including phenoxy) is 2. The number of anilines is 1. The monoisotopic (exact) mass is 287 g/mol. The molecule has 21 heavy (non-hydrogen) atoms. The van der Waals surface area contributed by atoms with Crippen LogP contribution in [0.1, 0.15) is 11.6 Å². The van der Waals surface area contributed by atoms with E-state index in [1.807, 2.05) is 30.3 Å². The Morgan fingerprint density at radius 3 is 2.33 bits per heavy atom. The normalized spacial score (nSPS) is 11.5. The summed E-state index contributed by atoms with van der Waals surface area (Å²) in [5.41, 5.74) is 1.22. The molecule has 0 aliphatic rings. The Morgan fingerprint density at radius 2 is 1.76 bits per heavy atom. The van der Waals surface area contributed by atoms with Crippen molar-refractivity contribution < 1.29 is 19.4 Å². The molecule has 0 heterocycles. The van der Waals surface area contributed by atoms with Gasteiger partial charge in [-0.1, -0.05) is 30.3 Å². The zero-order valence-electron chi connectivity index (χ0n) is 11.9. The van der Waals surface area contributed by atoms with Crippen LogP contribution in [-0.2, 0) is 4.79 Å². The van der Waals surface area contributed by atoms with Gasteiger partial charge in [-0.2, -0.15) is 0 Å². The molecule has 0 aliphatic carbocycles. The number of benzene rings is 2. The van der Waals surface area contributed by atoms with Crippen molar-refractivity contribution in [2.45, 2.75) is 6.04 Å². The van der Waals surface area contributed by atoms with Gasteiger partial charge in [0, 0.05) is 11.3 Å². The van der Waals surface area contributed by atoms with E-state index < -0.39 is 12.0 Å². The number of para-hydroxylation sites is 2. The number of carboxylic acid groups (broad SMARTS) is 1. The first-order valence-electron chi connectivity index (χ1n) is 6.42. The summed E-state index contributed by atoms with van der Waals surface area (Å²) in [7, 11) is 3.00. The molecule has 1 unspecified atom stereocenters. The maximum Gasteiger partial charge on any atom is 0.330 e. The van der Waals surface area contributed by atoms with Gasteiger partial charge in [-0.3, -0.25) is 0 Å². The van der Waals surface area contributed by atoms with Gasteiger partial charge in [-0.25, -0.2) is 4.79 Å². The third kappa shape index (κ3) is 3.25. The van der Waals surface area contributed by atoms with Crippen LogP contribution >= 0.6 is 0 Å². The largest absolute Gasteiger partial charge is 0.493 e. The van der Waals surface area contributed by atoms with Crippen LogP contribution in [0.5, 0.6) is 11.5 Å². The Kier molecular flexibility index (Phi) is 4.66. The van der Waals surface area contributed by atoms with E-state index >= 15 is 0 Å². The Hall–Kier alpha value is -2.69. The zero-order chi connectivity index (χ0) is 15.2. The van der Waals surface area contributed by atoms with Crippen LogP contribution in [0.15, 0.2) is 48.5 Å². The second-order valence-corrected chi connectivity index (χ2v) is 4.36.